The van der Waals surface area contributed by atoms with Crippen molar-refractivity contribution in [2.45, 2.75) is 20.3 Å². The summed E-state index contributed by atoms with van der Waals surface area (Å²) in [7, 11) is 0. The summed E-state index contributed by atoms with van der Waals surface area (Å²) >= 11 is 0. The van der Waals surface area contributed by atoms with Crippen molar-refractivity contribution in [3.63, 3.8) is 0 Å². The van der Waals surface area contributed by atoms with Crippen LogP contribution < -0.4 is 0 Å². The van der Waals surface area contributed by atoms with Gasteiger partial charge in [0.15, 0.2) is 0 Å². The summed E-state index contributed by atoms with van der Waals surface area (Å²) in [5.74, 6) is 0.654. The molecule has 2 rings (SSSR count). The lowest BCUT2D eigenvalue weighted by Crippen LogP contribution is -2.01. The fourth-order valence-corrected chi connectivity index (χ4v) is 2.00. The zero-order chi connectivity index (χ0) is 9.97. The van der Waals surface area contributed by atoms with Crippen LogP contribution in [0.15, 0.2) is 42.5 Å². The summed E-state index contributed by atoms with van der Waals surface area (Å²) in [6, 6.07) is 8.62. The van der Waals surface area contributed by atoms with Crippen molar-refractivity contribution < 1.29 is 0 Å². The Morgan fingerprint density at radius 3 is 2.71 bits per heavy atom. The van der Waals surface area contributed by atoms with Gasteiger partial charge in [0.1, 0.15) is 0 Å². The molecule has 1 aromatic carbocycles. The molecule has 0 nitrogen and oxygen atoms in total. The molecule has 1 atom stereocenters. The van der Waals surface area contributed by atoms with Crippen LogP contribution in [0.4, 0.5) is 0 Å². The fourth-order valence-electron chi connectivity index (χ4n) is 2.00. The van der Waals surface area contributed by atoms with Crippen LogP contribution in [-0.4, -0.2) is 0 Å². The Morgan fingerprint density at radius 2 is 2.00 bits per heavy atom. The first-order valence-corrected chi connectivity index (χ1v) is 5.22. The van der Waals surface area contributed by atoms with E-state index >= 15 is 0 Å². The van der Waals surface area contributed by atoms with Gasteiger partial charge in [0.25, 0.3) is 0 Å². The number of hydrogen-bond donors (Lipinski definition) is 0. The summed E-state index contributed by atoms with van der Waals surface area (Å²) in [4.78, 5) is 0. The lowest BCUT2D eigenvalue weighted by atomic mass is 9.86. The summed E-state index contributed by atoms with van der Waals surface area (Å²) in [6.45, 7) is 4.48. The molecule has 0 fully saturated rings. The van der Waals surface area contributed by atoms with Crippen LogP contribution in [0.3, 0.4) is 0 Å². The predicted molar refractivity (Wildman–Crippen MR) is 62.1 cm³/mol. The van der Waals surface area contributed by atoms with E-state index in [2.05, 4.69) is 56.3 Å². The molecule has 0 aromatic heterocycles. The molecule has 0 saturated carbocycles. The molecule has 0 amide bonds. The van der Waals surface area contributed by atoms with Crippen molar-refractivity contribution in [3.05, 3.63) is 53.6 Å². The highest BCUT2D eigenvalue weighted by atomic mass is 14.2. The fraction of sp³-hybridized carbons (Fsp3) is 0.286. The molecule has 14 heavy (non-hydrogen) atoms. The molecule has 0 heterocycles. The molecule has 72 valence electrons. The van der Waals surface area contributed by atoms with Crippen LogP contribution in [0.25, 0.3) is 5.57 Å². The Kier molecular flexibility index (Phi) is 2.53. The highest BCUT2D eigenvalue weighted by Crippen LogP contribution is 2.30. The molecule has 1 unspecified atom stereocenters. The molecule has 1 aliphatic carbocycles. The summed E-state index contributed by atoms with van der Waals surface area (Å²) < 4.78 is 0. The van der Waals surface area contributed by atoms with E-state index in [-0.39, 0.29) is 0 Å². The smallest absolute Gasteiger partial charge is 0.0150 e. The molecule has 0 saturated heterocycles. The van der Waals surface area contributed by atoms with Gasteiger partial charge in [-0.2, -0.15) is 0 Å². The van der Waals surface area contributed by atoms with Crippen molar-refractivity contribution in [3.8, 4) is 0 Å². The molecule has 0 heteroatoms. The normalized spacial score (nSPS) is 20.7. The number of rotatable bonds is 1. The van der Waals surface area contributed by atoms with Crippen molar-refractivity contribution in [2.75, 3.05) is 0 Å². The number of benzene rings is 1. The van der Waals surface area contributed by atoms with Crippen molar-refractivity contribution in [2.24, 2.45) is 5.92 Å². The van der Waals surface area contributed by atoms with Crippen LogP contribution in [0.2, 0.25) is 0 Å². The number of aryl methyl sites for hydroxylation is 1. The average Bonchev–Trinajstić information content (AvgIpc) is 2.20. The highest BCUT2D eigenvalue weighted by molar-refractivity contribution is 5.71. The average molecular weight is 184 g/mol. The van der Waals surface area contributed by atoms with E-state index in [1.807, 2.05) is 0 Å². The van der Waals surface area contributed by atoms with E-state index in [1.54, 1.807) is 0 Å². The van der Waals surface area contributed by atoms with Gasteiger partial charge in [-0.1, -0.05) is 49.4 Å². The third kappa shape index (κ3) is 1.65. The van der Waals surface area contributed by atoms with E-state index in [1.165, 1.54) is 23.1 Å². The Bertz CT molecular complexity index is 383. The topological polar surface area (TPSA) is 0 Å². The van der Waals surface area contributed by atoms with Gasteiger partial charge >= 0.3 is 0 Å². The molecule has 0 radical (unpaired) electrons. The minimum atomic E-state index is 0.654. The maximum absolute atomic E-state index is 2.29. The highest BCUT2D eigenvalue weighted by Gasteiger charge is 2.12. The van der Waals surface area contributed by atoms with Gasteiger partial charge in [-0.25, -0.2) is 0 Å². The van der Waals surface area contributed by atoms with Crippen molar-refractivity contribution in [1.29, 1.82) is 0 Å². The van der Waals surface area contributed by atoms with Gasteiger partial charge in [-0.15, -0.1) is 0 Å². The second kappa shape index (κ2) is 3.83. The molecule has 0 aliphatic heterocycles. The summed E-state index contributed by atoms with van der Waals surface area (Å²) in [5.41, 5.74) is 4.26. The first-order valence-electron chi connectivity index (χ1n) is 5.22. The molecule has 1 aromatic rings. The molecule has 0 spiro atoms. The maximum atomic E-state index is 2.29. The third-order valence-electron chi connectivity index (χ3n) is 2.89. The largest absolute Gasteiger partial charge is 0.0839 e. The lowest BCUT2D eigenvalue weighted by Gasteiger charge is -2.19. The first kappa shape index (κ1) is 9.26. The van der Waals surface area contributed by atoms with Crippen molar-refractivity contribution in [1.82, 2.24) is 0 Å². The second-order valence-corrected chi connectivity index (χ2v) is 4.00. The third-order valence-corrected chi connectivity index (χ3v) is 2.89. The van der Waals surface area contributed by atoms with Crippen molar-refractivity contribution >= 4 is 5.57 Å². The van der Waals surface area contributed by atoms with Gasteiger partial charge < -0.3 is 0 Å². The quantitative estimate of drug-likeness (QED) is 0.619. The zero-order valence-corrected chi connectivity index (χ0v) is 8.83. The molecule has 1 aliphatic rings. The van der Waals surface area contributed by atoms with Crippen LogP contribution in [0.1, 0.15) is 24.5 Å². The minimum absolute atomic E-state index is 0.654. The zero-order valence-electron chi connectivity index (χ0n) is 8.83. The minimum Gasteiger partial charge on any atom is -0.0839 e. The van der Waals surface area contributed by atoms with E-state index < -0.39 is 0 Å². The maximum Gasteiger partial charge on any atom is -0.0150 e. The molecular formula is C14H16. The van der Waals surface area contributed by atoms with Crippen LogP contribution in [0, 0.1) is 12.8 Å². The van der Waals surface area contributed by atoms with E-state index in [4.69, 9.17) is 0 Å². The van der Waals surface area contributed by atoms with Gasteiger partial charge in [0.2, 0.25) is 0 Å². The number of hydrogen-bond acceptors (Lipinski definition) is 0. The second-order valence-electron chi connectivity index (χ2n) is 4.00. The predicted octanol–water partition coefficient (Wildman–Crippen LogP) is 3.97. The van der Waals surface area contributed by atoms with E-state index in [0.29, 0.717) is 5.92 Å². The Hall–Kier alpha value is -1.30. The standard InChI is InChI=1S/C14H16/c1-11-7-3-5-9-13(11)14-10-6-4-8-12(14)2/h3-7,9-10,12H,8H2,1-2H3. The Balaban J connectivity index is 2.44. The molecule has 0 N–H and O–H groups in total. The SMILES string of the molecule is Cc1ccccc1C1=CC=CCC1C. The van der Waals surface area contributed by atoms with Crippen LogP contribution in [-0.2, 0) is 0 Å². The number of allylic oxidation sites excluding steroid dienone is 4. The molecular weight excluding hydrogens is 168 g/mol. The van der Waals surface area contributed by atoms with E-state index in [9.17, 15) is 0 Å². The summed E-state index contributed by atoms with van der Waals surface area (Å²) in [6.07, 6.45) is 7.82. The van der Waals surface area contributed by atoms with Gasteiger partial charge in [-0.05, 0) is 36.0 Å². The van der Waals surface area contributed by atoms with E-state index in [0.717, 1.165) is 0 Å². The molecule has 0 bridgehead atoms. The first-order chi connectivity index (χ1) is 6.79. The monoisotopic (exact) mass is 184 g/mol. The Labute approximate surface area is 86.0 Å². The Morgan fingerprint density at radius 1 is 1.21 bits per heavy atom. The van der Waals surface area contributed by atoms with Crippen LogP contribution >= 0.6 is 0 Å². The lowest BCUT2D eigenvalue weighted by molar-refractivity contribution is 0.758. The van der Waals surface area contributed by atoms with Gasteiger partial charge in [0, 0.05) is 0 Å². The summed E-state index contributed by atoms with van der Waals surface area (Å²) in [5, 5.41) is 0. The van der Waals surface area contributed by atoms with Crippen LogP contribution in [0.5, 0.6) is 0 Å². The van der Waals surface area contributed by atoms with Gasteiger partial charge in [0.05, 0.1) is 0 Å². The van der Waals surface area contributed by atoms with Gasteiger partial charge in [-0.3, -0.25) is 0 Å².